The molecule has 0 saturated carbocycles. The Hall–Kier alpha value is -1.16. The van der Waals surface area contributed by atoms with E-state index in [2.05, 4.69) is 29.5 Å². The number of halogens is 2. The Morgan fingerprint density at radius 2 is 2.04 bits per heavy atom. The van der Waals surface area contributed by atoms with E-state index < -0.39 is 0 Å². The van der Waals surface area contributed by atoms with Crippen molar-refractivity contribution < 1.29 is 0 Å². The van der Waals surface area contributed by atoms with Gasteiger partial charge in [0.2, 0.25) is 0 Å². The van der Waals surface area contributed by atoms with Crippen molar-refractivity contribution in [3.63, 3.8) is 0 Å². The fourth-order valence-corrected chi connectivity index (χ4v) is 4.35. The maximum absolute atomic E-state index is 6.27. The minimum atomic E-state index is 0.589. The van der Waals surface area contributed by atoms with E-state index in [1.165, 1.54) is 12.8 Å². The molecule has 25 heavy (non-hydrogen) atoms. The number of piperidine rings is 1. The van der Waals surface area contributed by atoms with E-state index >= 15 is 0 Å². The Labute approximate surface area is 164 Å². The molecule has 1 aromatic carbocycles. The van der Waals surface area contributed by atoms with Crippen molar-refractivity contribution in [2.75, 3.05) is 13.1 Å². The van der Waals surface area contributed by atoms with Crippen LogP contribution in [-0.4, -0.2) is 23.0 Å². The molecule has 1 aliphatic heterocycles. The van der Waals surface area contributed by atoms with E-state index in [0.29, 0.717) is 10.0 Å². The van der Waals surface area contributed by atoms with Crippen LogP contribution in [0.3, 0.4) is 0 Å². The zero-order valence-electron chi connectivity index (χ0n) is 14.3. The lowest BCUT2D eigenvalue weighted by Crippen LogP contribution is -2.31. The smallest absolute Gasteiger partial charge is 0.0728 e. The second kappa shape index (κ2) is 8.48. The van der Waals surface area contributed by atoms with E-state index in [-0.39, 0.29) is 0 Å². The van der Waals surface area contributed by atoms with Crippen LogP contribution in [0, 0.1) is 5.92 Å². The summed E-state index contributed by atoms with van der Waals surface area (Å²) < 4.78 is 0. The van der Waals surface area contributed by atoms with Crippen LogP contribution in [0.2, 0.25) is 10.0 Å². The predicted molar refractivity (Wildman–Crippen MR) is 109 cm³/mol. The molecule has 0 aliphatic carbocycles. The zero-order valence-corrected chi connectivity index (χ0v) is 16.7. The van der Waals surface area contributed by atoms with Gasteiger partial charge in [0, 0.05) is 47.4 Å². The number of benzene rings is 1. The molecule has 0 amide bonds. The molecule has 1 aliphatic rings. The van der Waals surface area contributed by atoms with Crippen molar-refractivity contribution in [3.05, 3.63) is 64.4 Å². The van der Waals surface area contributed by atoms with Gasteiger partial charge in [-0.15, -0.1) is 11.8 Å². The van der Waals surface area contributed by atoms with E-state index in [1.54, 1.807) is 17.8 Å². The summed E-state index contributed by atoms with van der Waals surface area (Å²) in [5, 5.41) is 1.20. The molecule has 1 fully saturated rings. The molecule has 0 atom stereocenters. The van der Waals surface area contributed by atoms with Gasteiger partial charge in [-0.3, -0.25) is 4.98 Å². The van der Waals surface area contributed by atoms with E-state index in [9.17, 15) is 0 Å². The Balaban J connectivity index is 1.67. The number of likely N-dealkylation sites (tertiary alicyclic amines) is 1. The first-order chi connectivity index (χ1) is 12.0. The molecule has 132 valence electrons. The molecular formula is C20H22Cl2N2S. The van der Waals surface area contributed by atoms with E-state index in [1.807, 2.05) is 24.5 Å². The van der Waals surface area contributed by atoms with Gasteiger partial charge in [-0.1, -0.05) is 42.8 Å². The van der Waals surface area contributed by atoms with Crippen molar-refractivity contribution in [2.24, 2.45) is 5.92 Å². The molecule has 2 aromatic rings. The first-order valence-electron chi connectivity index (χ1n) is 8.49. The molecule has 1 aromatic heterocycles. The molecule has 3 rings (SSSR count). The van der Waals surface area contributed by atoms with Crippen LogP contribution >= 0.6 is 35.0 Å². The molecule has 2 nitrogen and oxygen atoms in total. The molecule has 1 saturated heterocycles. The average molecular weight is 393 g/mol. The number of thioether (sulfide) groups is 1. The lowest BCUT2D eigenvalue weighted by molar-refractivity contribution is 0.268. The second-order valence-electron chi connectivity index (χ2n) is 6.54. The highest BCUT2D eigenvalue weighted by molar-refractivity contribution is 7.98. The Bertz CT molecular complexity index is 755. The quantitative estimate of drug-likeness (QED) is 0.548. The van der Waals surface area contributed by atoms with Gasteiger partial charge < -0.3 is 4.90 Å². The first-order valence-corrected chi connectivity index (χ1v) is 10.2. The van der Waals surface area contributed by atoms with Crippen molar-refractivity contribution >= 4 is 40.7 Å². The maximum Gasteiger partial charge on any atom is 0.0728 e. The van der Waals surface area contributed by atoms with E-state index in [4.69, 9.17) is 23.2 Å². The van der Waals surface area contributed by atoms with Crippen molar-refractivity contribution in [1.29, 1.82) is 0 Å². The second-order valence-corrected chi connectivity index (χ2v) is 8.34. The normalized spacial score (nSPS) is 15.4. The average Bonchev–Trinajstić information content (AvgIpc) is 2.63. The molecule has 2 heterocycles. The van der Waals surface area contributed by atoms with Gasteiger partial charge in [0.05, 0.1) is 10.0 Å². The summed E-state index contributed by atoms with van der Waals surface area (Å²) in [6.07, 6.45) is 6.27. The molecule has 0 N–H and O–H groups in total. The third-order valence-electron chi connectivity index (χ3n) is 4.60. The van der Waals surface area contributed by atoms with Crippen molar-refractivity contribution in [3.8, 4) is 0 Å². The van der Waals surface area contributed by atoms with Gasteiger partial charge in [0.25, 0.3) is 0 Å². The maximum atomic E-state index is 6.27. The third-order valence-corrected chi connectivity index (χ3v) is 6.66. The molecule has 5 heteroatoms. The summed E-state index contributed by atoms with van der Waals surface area (Å²) in [4.78, 5) is 7.77. The highest BCUT2D eigenvalue weighted by atomic mass is 35.5. The number of nitrogens with zero attached hydrogens (tertiary/aromatic N) is 2. The van der Waals surface area contributed by atoms with Gasteiger partial charge in [0.15, 0.2) is 0 Å². The fourth-order valence-electron chi connectivity index (χ4n) is 2.94. The van der Waals surface area contributed by atoms with Crippen LogP contribution in [0.5, 0.6) is 0 Å². The summed E-state index contributed by atoms with van der Waals surface area (Å²) in [5.74, 6) is 1.61. The summed E-state index contributed by atoms with van der Waals surface area (Å²) in [5.41, 5.74) is 3.34. The number of hydrogen-bond acceptors (Lipinski definition) is 3. The third kappa shape index (κ3) is 4.72. The van der Waals surface area contributed by atoms with Crippen molar-refractivity contribution in [2.45, 2.75) is 30.4 Å². The number of hydrogen-bond donors (Lipinski definition) is 0. The van der Waals surface area contributed by atoms with Gasteiger partial charge in [-0.25, -0.2) is 0 Å². The summed E-state index contributed by atoms with van der Waals surface area (Å²) >= 11 is 14.0. The first kappa shape index (κ1) is 18.6. The molecular weight excluding hydrogens is 371 g/mol. The van der Waals surface area contributed by atoms with Crippen molar-refractivity contribution in [1.82, 2.24) is 9.88 Å². The number of rotatable bonds is 5. The summed E-state index contributed by atoms with van der Waals surface area (Å²) in [6.45, 7) is 8.78. The molecule has 0 radical (unpaired) electrons. The van der Waals surface area contributed by atoms with Crippen LogP contribution in [-0.2, 0) is 5.75 Å². The summed E-state index contributed by atoms with van der Waals surface area (Å²) in [6, 6.07) is 7.90. The Kier molecular flexibility index (Phi) is 6.32. The van der Waals surface area contributed by atoms with Crippen LogP contribution in [0.1, 0.15) is 30.9 Å². The summed E-state index contributed by atoms with van der Waals surface area (Å²) in [7, 11) is 0. The van der Waals surface area contributed by atoms with Gasteiger partial charge in [0.1, 0.15) is 0 Å². The van der Waals surface area contributed by atoms with Gasteiger partial charge in [-0.2, -0.15) is 0 Å². The molecule has 0 spiro atoms. The predicted octanol–water partition coefficient (Wildman–Crippen LogP) is 6.38. The lowest BCUT2D eigenvalue weighted by atomic mass is 9.98. The van der Waals surface area contributed by atoms with Crippen LogP contribution in [0.25, 0.3) is 5.70 Å². The van der Waals surface area contributed by atoms with Gasteiger partial charge >= 0.3 is 0 Å². The van der Waals surface area contributed by atoms with Crippen LogP contribution < -0.4 is 0 Å². The van der Waals surface area contributed by atoms with Crippen LogP contribution in [0.4, 0.5) is 0 Å². The minimum Gasteiger partial charge on any atom is -0.371 e. The topological polar surface area (TPSA) is 16.1 Å². The monoisotopic (exact) mass is 392 g/mol. The van der Waals surface area contributed by atoms with Gasteiger partial charge in [-0.05, 0) is 42.5 Å². The zero-order chi connectivity index (χ0) is 17.8. The minimum absolute atomic E-state index is 0.589. The Morgan fingerprint density at radius 1 is 1.28 bits per heavy atom. The molecule has 0 bridgehead atoms. The van der Waals surface area contributed by atoms with Crippen LogP contribution in [0.15, 0.2) is 48.1 Å². The number of pyridine rings is 1. The van der Waals surface area contributed by atoms with E-state index in [0.717, 1.165) is 46.5 Å². The molecule has 0 unspecified atom stereocenters. The highest BCUT2D eigenvalue weighted by Gasteiger charge is 2.18. The number of aromatic nitrogens is 1. The fraction of sp³-hybridized carbons (Fsp3) is 0.350. The highest BCUT2D eigenvalue weighted by Crippen LogP contribution is 2.34. The largest absolute Gasteiger partial charge is 0.371 e. The lowest BCUT2D eigenvalue weighted by Gasteiger charge is -2.33. The standard InChI is InChI=1S/C20H22Cl2N2S/c1-14-6-8-24(9-7-14)15(2)17-10-16(11-23-12-17)13-25-19-5-3-4-18(21)20(19)22/h3-5,10-12,14H,2,6-9,13H2,1H3. The SMILES string of the molecule is C=C(c1cncc(CSc2cccc(Cl)c2Cl)c1)N1CCC(C)CC1. The Morgan fingerprint density at radius 3 is 2.80 bits per heavy atom.